The van der Waals surface area contributed by atoms with Crippen molar-refractivity contribution in [3.05, 3.63) is 41.8 Å². The fraction of sp³-hybridized carbons (Fsp3) is 0.467. The van der Waals surface area contributed by atoms with E-state index in [0.29, 0.717) is 24.4 Å². The molecule has 3 rings (SSSR count). The van der Waals surface area contributed by atoms with Crippen LogP contribution in [0.1, 0.15) is 30.7 Å². The number of nitrogens with one attached hydrogen (secondary N) is 1. The summed E-state index contributed by atoms with van der Waals surface area (Å²) in [5, 5.41) is 11.4. The lowest BCUT2D eigenvalue weighted by Crippen LogP contribution is -2.19. The van der Waals surface area contributed by atoms with Crippen molar-refractivity contribution in [1.29, 1.82) is 0 Å². The van der Waals surface area contributed by atoms with E-state index >= 15 is 0 Å². The minimum absolute atomic E-state index is 0.556. The first-order valence-electron chi connectivity index (χ1n) is 7.20. The Hall–Kier alpha value is -1.88. The summed E-state index contributed by atoms with van der Waals surface area (Å²) in [6.45, 7) is 5.52. The van der Waals surface area contributed by atoms with E-state index in [-0.39, 0.29) is 0 Å². The summed E-state index contributed by atoms with van der Waals surface area (Å²) >= 11 is 0. The summed E-state index contributed by atoms with van der Waals surface area (Å²) < 4.78 is 5.70. The average Bonchev–Trinajstić information content (AvgIpc) is 3.15. The predicted molar refractivity (Wildman–Crippen MR) is 77.7 cm³/mol. The van der Waals surface area contributed by atoms with Crippen LogP contribution in [0.25, 0.3) is 0 Å². The fourth-order valence-electron chi connectivity index (χ4n) is 2.61. The lowest BCUT2D eigenvalue weighted by molar-refractivity contribution is 0.469. The molecule has 0 bridgehead atoms. The van der Waals surface area contributed by atoms with Gasteiger partial charge in [0.15, 0.2) is 0 Å². The third-order valence-electron chi connectivity index (χ3n) is 3.71. The van der Waals surface area contributed by atoms with E-state index < -0.39 is 0 Å². The van der Waals surface area contributed by atoms with Crippen LogP contribution in [0.5, 0.6) is 0 Å². The quantitative estimate of drug-likeness (QED) is 0.904. The molecule has 1 fully saturated rings. The molecule has 1 aromatic carbocycles. The van der Waals surface area contributed by atoms with E-state index in [0.717, 1.165) is 26.1 Å². The zero-order valence-electron chi connectivity index (χ0n) is 11.7. The Morgan fingerprint density at radius 1 is 1.30 bits per heavy atom. The van der Waals surface area contributed by atoms with Crippen LogP contribution < -0.4 is 10.2 Å². The standard InChI is InChI=1S/C15H20N4O/c1-2-16-10-14-17-18-15(20-14)19-9-8-13(11-19)12-6-4-3-5-7-12/h3-7,13,16H,2,8-11H2,1H3. The van der Waals surface area contributed by atoms with Gasteiger partial charge in [-0.1, -0.05) is 42.4 Å². The van der Waals surface area contributed by atoms with E-state index in [9.17, 15) is 0 Å². The molecule has 5 heteroatoms. The Morgan fingerprint density at radius 2 is 2.15 bits per heavy atom. The zero-order chi connectivity index (χ0) is 13.8. The molecule has 1 saturated heterocycles. The van der Waals surface area contributed by atoms with E-state index in [4.69, 9.17) is 4.42 Å². The van der Waals surface area contributed by atoms with Gasteiger partial charge in [-0.15, -0.1) is 5.10 Å². The molecule has 1 aliphatic rings. The van der Waals surface area contributed by atoms with Crippen LogP contribution in [-0.2, 0) is 6.54 Å². The minimum Gasteiger partial charge on any atom is -0.407 e. The Kier molecular flexibility index (Phi) is 3.97. The predicted octanol–water partition coefficient (Wildman–Crippen LogP) is 2.17. The third kappa shape index (κ3) is 2.82. The highest BCUT2D eigenvalue weighted by atomic mass is 16.4. The molecule has 2 heterocycles. The second kappa shape index (κ2) is 6.05. The maximum absolute atomic E-state index is 5.70. The van der Waals surface area contributed by atoms with Crippen molar-refractivity contribution in [2.45, 2.75) is 25.8 Å². The van der Waals surface area contributed by atoms with Gasteiger partial charge in [0.1, 0.15) is 0 Å². The molecule has 0 saturated carbocycles. The monoisotopic (exact) mass is 272 g/mol. The van der Waals surface area contributed by atoms with E-state index in [1.165, 1.54) is 5.56 Å². The molecule has 0 spiro atoms. The smallest absolute Gasteiger partial charge is 0.318 e. The first kappa shape index (κ1) is 13.1. The zero-order valence-corrected chi connectivity index (χ0v) is 11.7. The van der Waals surface area contributed by atoms with Crippen LogP contribution in [0.3, 0.4) is 0 Å². The summed E-state index contributed by atoms with van der Waals surface area (Å²) in [7, 11) is 0. The Labute approximate surface area is 119 Å². The van der Waals surface area contributed by atoms with Crippen LogP contribution >= 0.6 is 0 Å². The lowest BCUT2D eigenvalue weighted by atomic mass is 9.99. The largest absolute Gasteiger partial charge is 0.407 e. The van der Waals surface area contributed by atoms with Crippen LogP contribution in [0.2, 0.25) is 0 Å². The minimum atomic E-state index is 0.556. The van der Waals surface area contributed by atoms with Gasteiger partial charge >= 0.3 is 6.01 Å². The Morgan fingerprint density at radius 3 is 2.95 bits per heavy atom. The maximum atomic E-state index is 5.70. The van der Waals surface area contributed by atoms with Crippen molar-refractivity contribution >= 4 is 6.01 Å². The Balaban J connectivity index is 1.63. The molecule has 1 aromatic heterocycles. The van der Waals surface area contributed by atoms with E-state index in [1.807, 2.05) is 0 Å². The molecular weight excluding hydrogens is 252 g/mol. The van der Waals surface area contributed by atoms with E-state index in [2.05, 4.69) is 57.7 Å². The van der Waals surface area contributed by atoms with Crippen LogP contribution in [0, 0.1) is 0 Å². The summed E-state index contributed by atoms with van der Waals surface area (Å²) in [6.07, 6.45) is 1.13. The van der Waals surface area contributed by atoms with Crippen molar-refractivity contribution in [3.8, 4) is 0 Å². The number of nitrogens with zero attached hydrogens (tertiary/aromatic N) is 3. The van der Waals surface area contributed by atoms with Crippen molar-refractivity contribution in [2.75, 3.05) is 24.5 Å². The summed E-state index contributed by atoms with van der Waals surface area (Å²) in [6, 6.07) is 11.3. The highest BCUT2D eigenvalue weighted by Crippen LogP contribution is 2.29. The number of hydrogen-bond acceptors (Lipinski definition) is 5. The third-order valence-corrected chi connectivity index (χ3v) is 3.71. The molecular formula is C15H20N4O. The topological polar surface area (TPSA) is 54.2 Å². The molecule has 0 aliphatic carbocycles. The molecule has 1 N–H and O–H groups in total. The van der Waals surface area contributed by atoms with Crippen LogP contribution in [-0.4, -0.2) is 29.8 Å². The molecule has 0 radical (unpaired) electrons. The molecule has 5 nitrogen and oxygen atoms in total. The average molecular weight is 272 g/mol. The van der Waals surface area contributed by atoms with Crippen molar-refractivity contribution < 1.29 is 4.42 Å². The van der Waals surface area contributed by atoms with Gasteiger partial charge in [-0.2, -0.15) is 0 Å². The van der Waals surface area contributed by atoms with Gasteiger partial charge < -0.3 is 14.6 Å². The summed E-state index contributed by atoms with van der Waals surface area (Å²) in [5.41, 5.74) is 1.39. The second-order valence-corrected chi connectivity index (χ2v) is 5.10. The van der Waals surface area contributed by atoms with Gasteiger partial charge in [-0.25, -0.2) is 0 Å². The van der Waals surface area contributed by atoms with Crippen molar-refractivity contribution in [3.63, 3.8) is 0 Å². The number of hydrogen-bond donors (Lipinski definition) is 1. The van der Waals surface area contributed by atoms with Crippen LogP contribution in [0.15, 0.2) is 34.7 Å². The Bertz CT molecular complexity index is 540. The molecule has 2 aromatic rings. The number of anilines is 1. The number of rotatable bonds is 5. The fourth-order valence-corrected chi connectivity index (χ4v) is 2.61. The van der Waals surface area contributed by atoms with Gasteiger partial charge in [-0.05, 0) is 18.5 Å². The summed E-state index contributed by atoms with van der Waals surface area (Å²) in [5.74, 6) is 1.21. The van der Waals surface area contributed by atoms with Crippen molar-refractivity contribution in [2.24, 2.45) is 0 Å². The molecule has 20 heavy (non-hydrogen) atoms. The lowest BCUT2D eigenvalue weighted by Gasteiger charge is -2.13. The van der Waals surface area contributed by atoms with Gasteiger partial charge in [-0.3, -0.25) is 0 Å². The summed E-state index contributed by atoms with van der Waals surface area (Å²) in [4.78, 5) is 2.18. The first-order chi connectivity index (χ1) is 9.86. The normalized spacial score (nSPS) is 18.6. The molecule has 1 aliphatic heterocycles. The highest BCUT2D eigenvalue weighted by molar-refractivity contribution is 5.32. The second-order valence-electron chi connectivity index (χ2n) is 5.10. The van der Waals surface area contributed by atoms with Gasteiger partial charge in [0.2, 0.25) is 5.89 Å². The maximum Gasteiger partial charge on any atom is 0.318 e. The van der Waals surface area contributed by atoms with Crippen molar-refractivity contribution in [1.82, 2.24) is 15.5 Å². The molecule has 0 amide bonds. The first-order valence-corrected chi connectivity index (χ1v) is 7.20. The number of aromatic nitrogens is 2. The van der Waals surface area contributed by atoms with Crippen LogP contribution in [0.4, 0.5) is 6.01 Å². The number of benzene rings is 1. The SMILES string of the molecule is CCNCc1nnc(N2CCC(c3ccccc3)C2)o1. The van der Waals surface area contributed by atoms with Gasteiger partial charge in [0.25, 0.3) is 0 Å². The molecule has 1 atom stereocenters. The molecule has 1 unspecified atom stereocenters. The molecule has 106 valence electrons. The highest BCUT2D eigenvalue weighted by Gasteiger charge is 2.27. The van der Waals surface area contributed by atoms with Gasteiger partial charge in [0.05, 0.1) is 6.54 Å². The van der Waals surface area contributed by atoms with E-state index in [1.54, 1.807) is 0 Å². The van der Waals surface area contributed by atoms with Gasteiger partial charge in [0, 0.05) is 19.0 Å².